The molecule has 4 heteroatoms. The highest BCUT2D eigenvalue weighted by Gasteiger charge is 2.37. The van der Waals surface area contributed by atoms with E-state index in [1.165, 1.54) is 7.11 Å². The van der Waals surface area contributed by atoms with Crippen LogP contribution >= 0.6 is 0 Å². The Kier molecular flexibility index (Phi) is 6.62. The maximum atomic E-state index is 14.4. The molecule has 1 rings (SSSR count). The van der Waals surface area contributed by atoms with E-state index in [4.69, 9.17) is 4.74 Å². The second-order valence-electron chi connectivity index (χ2n) is 5.68. The van der Waals surface area contributed by atoms with Gasteiger partial charge >= 0.3 is 0 Å². The van der Waals surface area contributed by atoms with Gasteiger partial charge in [-0.3, -0.25) is 0 Å². The van der Waals surface area contributed by atoms with Crippen LogP contribution in [0.1, 0.15) is 32.3 Å². The van der Waals surface area contributed by atoms with Crippen LogP contribution in [0.2, 0.25) is 0 Å². The minimum atomic E-state index is -0.250. The minimum absolute atomic E-state index is 0.00423. The molecular weight excluding hydrogens is 267 g/mol. The molecule has 1 aromatic carbocycles. The van der Waals surface area contributed by atoms with Gasteiger partial charge in [0.25, 0.3) is 0 Å². The van der Waals surface area contributed by atoms with Crippen molar-refractivity contribution in [3.8, 4) is 5.75 Å². The summed E-state index contributed by atoms with van der Waals surface area (Å²) in [6, 6.07) is 5.52. The van der Waals surface area contributed by atoms with E-state index in [1.807, 2.05) is 19.2 Å². The van der Waals surface area contributed by atoms with Gasteiger partial charge in [0.05, 0.1) is 7.11 Å². The Morgan fingerprint density at radius 2 is 1.90 bits per heavy atom. The van der Waals surface area contributed by atoms with Crippen molar-refractivity contribution in [1.29, 1.82) is 0 Å². The normalized spacial score (nSPS) is 13.5. The fourth-order valence-corrected chi connectivity index (χ4v) is 3.34. The Labute approximate surface area is 128 Å². The first-order valence-electron chi connectivity index (χ1n) is 7.62. The standard InChI is InChI=1S/C17H29FN2O/c1-7-17(8-2,20(4)5)15(19-3)12-13-10-9-11-14(21-6)16(13)18/h9-11,15,19H,7-8,12H2,1-6H3. The summed E-state index contributed by atoms with van der Waals surface area (Å²) in [6.07, 6.45) is 2.65. The molecule has 0 fully saturated rings. The number of nitrogens with zero attached hydrogens (tertiary/aromatic N) is 1. The van der Waals surface area contributed by atoms with Gasteiger partial charge in [0.15, 0.2) is 11.6 Å². The molecule has 0 saturated carbocycles. The van der Waals surface area contributed by atoms with Crippen molar-refractivity contribution in [2.24, 2.45) is 0 Å². The fraction of sp³-hybridized carbons (Fsp3) is 0.647. The van der Waals surface area contributed by atoms with Crippen LogP contribution in [0.15, 0.2) is 18.2 Å². The second kappa shape index (κ2) is 7.76. The van der Waals surface area contributed by atoms with Crippen molar-refractivity contribution in [2.45, 2.75) is 44.7 Å². The first kappa shape index (κ1) is 17.9. The third-order valence-electron chi connectivity index (χ3n) is 4.80. The minimum Gasteiger partial charge on any atom is -0.494 e. The average Bonchev–Trinajstić information content (AvgIpc) is 2.49. The smallest absolute Gasteiger partial charge is 0.168 e. The highest BCUT2D eigenvalue weighted by molar-refractivity contribution is 5.32. The van der Waals surface area contributed by atoms with Crippen molar-refractivity contribution in [2.75, 3.05) is 28.3 Å². The predicted molar refractivity (Wildman–Crippen MR) is 86.5 cm³/mol. The molecule has 3 nitrogen and oxygen atoms in total. The molecule has 1 N–H and O–H groups in total. The molecular formula is C17H29FN2O. The van der Waals surface area contributed by atoms with E-state index >= 15 is 0 Å². The summed E-state index contributed by atoms with van der Waals surface area (Å²) >= 11 is 0. The molecule has 0 bridgehead atoms. The van der Waals surface area contributed by atoms with Gasteiger partial charge in [-0.2, -0.15) is 0 Å². The van der Waals surface area contributed by atoms with Crippen LogP contribution in [0.4, 0.5) is 4.39 Å². The lowest BCUT2D eigenvalue weighted by Crippen LogP contribution is -2.58. The summed E-state index contributed by atoms with van der Waals surface area (Å²) in [5.41, 5.74) is 0.700. The first-order valence-corrected chi connectivity index (χ1v) is 7.62. The summed E-state index contributed by atoms with van der Waals surface area (Å²) < 4.78 is 19.5. The lowest BCUT2D eigenvalue weighted by atomic mass is 9.80. The fourth-order valence-electron chi connectivity index (χ4n) is 3.34. The Morgan fingerprint density at radius 3 is 2.33 bits per heavy atom. The van der Waals surface area contributed by atoms with E-state index in [9.17, 15) is 4.39 Å². The van der Waals surface area contributed by atoms with E-state index in [2.05, 4.69) is 38.2 Å². The molecule has 0 amide bonds. The zero-order chi connectivity index (χ0) is 16.0. The first-order chi connectivity index (χ1) is 9.96. The SMILES string of the molecule is CCC(CC)(C(Cc1cccc(OC)c1F)NC)N(C)C. The number of hydrogen-bond donors (Lipinski definition) is 1. The Hall–Kier alpha value is -1.13. The molecule has 0 spiro atoms. The number of methoxy groups -OCH3 is 1. The molecule has 0 heterocycles. The van der Waals surface area contributed by atoms with Gasteiger partial charge in [0.1, 0.15) is 0 Å². The molecule has 0 aliphatic rings. The Balaban J connectivity index is 3.12. The van der Waals surface area contributed by atoms with Crippen LogP contribution in [0.25, 0.3) is 0 Å². The van der Waals surface area contributed by atoms with Crippen LogP contribution < -0.4 is 10.1 Å². The molecule has 0 radical (unpaired) electrons. The van der Waals surface area contributed by atoms with Crippen LogP contribution in [-0.2, 0) is 6.42 Å². The zero-order valence-electron chi connectivity index (χ0n) is 14.2. The quantitative estimate of drug-likeness (QED) is 0.798. The molecule has 1 aromatic rings. The third-order valence-corrected chi connectivity index (χ3v) is 4.80. The van der Waals surface area contributed by atoms with Gasteiger partial charge in [-0.15, -0.1) is 0 Å². The predicted octanol–water partition coefficient (Wildman–Crippen LogP) is 3.09. The van der Waals surface area contributed by atoms with Crippen LogP contribution in [0, 0.1) is 5.82 Å². The number of rotatable bonds is 8. The van der Waals surface area contributed by atoms with Crippen LogP contribution in [-0.4, -0.2) is 44.7 Å². The maximum absolute atomic E-state index is 14.4. The highest BCUT2D eigenvalue weighted by atomic mass is 19.1. The maximum Gasteiger partial charge on any atom is 0.168 e. The van der Waals surface area contributed by atoms with E-state index in [0.29, 0.717) is 17.7 Å². The number of benzene rings is 1. The van der Waals surface area contributed by atoms with Crippen LogP contribution in [0.3, 0.4) is 0 Å². The van der Waals surface area contributed by atoms with Gasteiger partial charge < -0.3 is 15.0 Å². The van der Waals surface area contributed by atoms with E-state index in [-0.39, 0.29) is 17.4 Å². The summed E-state index contributed by atoms with van der Waals surface area (Å²) in [6.45, 7) is 4.38. The zero-order valence-corrected chi connectivity index (χ0v) is 14.2. The van der Waals surface area contributed by atoms with E-state index in [0.717, 1.165) is 12.8 Å². The van der Waals surface area contributed by atoms with Crippen molar-refractivity contribution < 1.29 is 9.13 Å². The van der Waals surface area contributed by atoms with Crippen molar-refractivity contribution in [3.05, 3.63) is 29.6 Å². The lowest BCUT2D eigenvalue weighted by molar-refractivity contribution is 0.0913. The molecule has 21 heavy (non-hydrogen) atoms. The summed E-state index contributed by atoms with van der Waals surface area (Å²) in [7, 11) is 7.64. The average molecular weight is 296 g/mol. The molecule has 120 valence electrons. The number of likely N-dealkylation sites (N-methyl/N-ethyl adjacent to an activating group) is 2. The van der Waals surface area contributed by atoms with Crippen molar-refractivity contribution in [1.82, 2.24) is 10.2 Å². The molecule has 1 atom stereocenters. The molecule has 0 aliphatic heterocycles. The second-order valence-corrected chi connectivity index (χ2v) is 5.68. The molecule has 0 aliphatic carbocycles. The summed E-state index contributed by atoms with van der Waals surface area (Å²) in [5.74, 6) is 0.0610. The lowest BCUT2D eigenvalue weighted by Gasteiger charge is -2.45. The van der Waals surface area contributed by atoms with Crippen LogP contribution in [0.5, 0.6) is 5.75 Å². The number of halogens is 1. The van der Waals surface area contributed by atoms with E-state index < -0.39 is 0 Å². The van der Waals surface area contributed by atoms with Gasteiger partial charge in [-0.25, -0.2) is 4.39 Å². The Bertz CT molecular complexity index is 444. The third kappa shape index (κ3) is 3.55. The largest absolute Gasteiger partial charge is 0.494 e. The highest BCUT2D eigenvalue weighted by Crippen LogP contribution is 2.30. The van der Waals surface area contributed by atoms with Crippen molar-refractivity contribution in [3.63, 3.8) is 0 Å². The van der Waals surface area contributed by atoms with Gasteiger partial charge in [0.2, 0.25) is 0 Å². The summed E-state index contributed by atoms with van der Waals surface area (Å²) in [5, 5.41) is 3.39. The van der Waals surface area contributed by atoms with Crippen molar-refractivity contribution >= 4 is 0 Å². The molecule has 0 aromatic heterocycles. The molecule has 0 saturated heterocycles. The van der Waals surface area contributed by atoms with Gasteiger partial charge in [0, 0.05) is 11.6 Å². The number of ether oxygens (including phenoxy) is 1. The summed E-state index contributed by atoms with van der Waals surface area (Å²) in [4.78, 5) is 2.26. The topological polar surface area (TPSA) is 24.5 Å². The number of nitrogens with one attached hydrogen (secondary N) is 1. The Morgan fingerprint density at radius 1 is 1.29 bits per heavy atom. The van der Waals surface area contributed by atoms with Gasteiger partial charge in [-0.1, -0.05) is 26.0 Å². The van der Waals surface area contributed by atoms with E-state index in [1.54, 1.807) is 6.07 Å². The molecule has 1 unspecified atom stereocenters. The monoisotopic (exact) mass is 296 g/mol. The van der Waals surface area contributed by atoms with Gasteiger partial charge in [-0.05, 0) is 52.0 Å². The number of hydrogen-bond acceptors (Lipinski definition) is 3.